The van der Waals surface area contributed by atoms with Crippen molar-refractivity contribution in [3.8, 4) is 0 Å². The molecule has 1 amide bonds. The topological polar surface area (TPSA) is 66.9 Å². The second-order valence-corrected chi connectivity index (χ2v) is 6.08. The first-order valence-electron chi connectivity index (χ1n) is 8.08. The molecule has 1 aromatic heterocycles. The highest BCUT2D eigenvalue weighted by Crippen LogP contribution is 2.22. The van der Waals surface area contributed by atoms with Gasteiger partial charge >= 0.3 is 0 Å². The zero-order valence-electron chi connectivity index (χ0n) is 14.0. The van der Waals surface area contributed by atoms with E-state index in [9.17, 15) is 13.6 Å². The smallest absolute Gasteiger partial charge is 0.270 e. The quantitative estimate of drug-likeness (QED) is 0.666. The molecule has 0 spiro atoms. The fraction of sp³-hybridized carbons (Fsp3) is 0.105. The highest BCUT2D eigenvalue weighted by Gasteiger charge is 2.12. The molecule has 0 fully saturated rings. The van der Waals surface area contributed by atoms with Crippen LogP contribution in [0.4, 0.5) is 20.3 Å². The van der Waals surface area contributed by atoms with Crippen LogP contribution < -0.4 is 10.6 Å². The van der Waals surface area contributed by atoms with Crippen molar-refractivity contribution in [3.63, 3.8) is 0 Å². The molecule has 3 rings (SSSR count). The van der Waals surface area contributed by atoms with Gasteiger partial charge in [0.25, 0.3) is 5.91 Å². The van der Waals surface area contributed by atoms with E-state index >= 15 is 0 Å². The molecule has 0 saturated heterocycles. The number of anilines is 2. The Balaban J connectivity index is 1.62. The Hall–Kier alpha value is -3.06. The van der Waals surface area contributed by atoms with Gasteiger partial charge in [-0.3, -0.25) is 4.79 Å². The minimum Gasteiger partial charge on any atom is -0.350 e. The Morgan fingerprint density at radius 3 is 2.44 bits per heavy atom. The fourth-order valence-corrected chi connectivity index (χ4v) is 2.48. The normalized spacial score (nSPS) is 10.5. The second-order valence-electron chi connectivity index (χ2n) is 5.64. The Morgan fingerprint density at radius 2 is 1.74 bits per heavy atom. The number of benzene rings is 2. The van der Waals surface area contributed by atoms with Gasteiger partial charge in [-0.05, 0) is 36.2 Å². The molecule has 2 N–H and O–H groups in total. The van der Waals surface area contributed by atoms with Gasteiger partial charge in [0, 0.05) is 17.6 Å². The van der Waals surface area contributed by atoms with E-state index in [-0.39, 0.29) is 17.2 Å². The van der Waals surface area contributed by atoms with Crippen molar-refractivity contribution in [2.24, 2.45) is 0 Å². The number of hydrogen-bond donors (Lipinski definition) is 2. The van der Waals surface area contributed by atoms with Crippen molar-refractivity contribution < 1.29 is 13.6 Å². The maximum Gasteiger partial charge on any atom is 0.270 e. The summed E-state index contributed by atoms with van der Waals surface area (Å²) >= 11 is 5.83. The van der Waals surface area contributed by atoms with Gasteiger partial charge < -0.3 is 10.6 Å². The van der Waals surface area contributed by atoms with E-state index in [0.717, 1.165) is 24.0 Å². The summed E-state index contributed by atoms with van der Waals surface area (Å²) in [5.41, 5.74) is 0.769. The number of amides is 1. The first-order chi connectivity index (χ1) is 13.0. The van der Waals surface area contributed by atoms with Crippen LogP contribution in [0.5, 0.6) is 0 Å². The van der Waals surface area contributed by atoms with Crippen LogP contribution in [0.15, 0.2) is 54.9 Å². The Kier molecular flexibility index (Phi) is 5.93. The molecule has 3 aromatic rings. The van der Waals surface area contributed by atoms with Crippen LogP contribution in [0.1, 0.15) is 16.1 Å². The Labute approximate surface area is 159 Å². The van der Waals surface area contributed by atoms with Gasteiger partial charge in [-0.2, -0.15) is 0 Å². The largest absolute Gasteiger partial charge is 0.350 e. The predicted octanol–water partition coefficient (Wildman–Crippen LogP) is 4.12. The molecular formula is C19H15ClF2N4O. The third kappa shape index (κ3) is 4.98. The van der Waals surface area contributed by atoms with Gasteiger partial charge in [0.1, 0.15) is 35.2 Å². The molecule has 138 valence electrons. The standard InChI is InChI=1S/C19H15ClF2N4O/c20-13-6-4-12(5-7-13)8-9-23-19(27)16-10-17(25-11-24-16)26-18-14(21)2-1-3-15(18)22/h1-7,10-11H,8-9H2,(H,23,27)(H,24,25,26). The molecule has 5 nitrogen and oxygen atoms in total. The predicted molar refractivity (Wildman–Crippen MR) is 99.2 cm³/mol. The number of hydrogen-bond acceptors (Lipinski definition) is 4. The van der Waals surface area contributed by atoms with Gasteiger partial charge in [0.15, 0.2) is 0 Å². The van der Waals surface area contributed by atoms with Crippen molar-refractivity contribution in [2.75, 3.05) is 11.9 Å². The molecule has 0 aliphatic heterocycles. The molecule has 0 radical (unpaired) electrons. The molecule has 0 aliphatic rings. The zero-order valence-corrected chi connectivity index (χ0v) is 14.8. The molecule has 1 heterocycles. The van der Waals surface area contributed by atoms with Crippen molar-refractivity contribution >= 4 is 29.0 Å². The molecule has 8 heteroatoms. The van der Waals surface area contributed by atoms with Gasteiger partial charge in [0.2, 0.25) is 0 Å². The molecule has 0 aliphatic carbocycles. The lowest BCUT2D eigenvalue weighted by atomic mass is 10.1. The number of rotatable bonds is 6. The van der Waals surface area contributed by atoms with E-state index in [2.05, 4.69) is 20.6 Å². The average Bonchev–Trinajstić information content (AvgIpc) is 2.66. The van der Waals surface area contributed by atoms with Crippen LogP contribution in [0.3, 0.4) is 0 Å². The minimum absolute atomic E-state index is 0.0837. The van der Waals surface area contributed by atoms with Crippen LogP contribution in [0.2, 0.25) is 5.02 Å². The summed E-state index contributed by atoms with van der Waals surface area (Å²) in [7, 11) is 0. The van der Waals surface area contributed by atoms with E-state index in [1.807, 2.05) is 12.1 Å². The lowest BCUT2D eigenvalue weighted by Gasteiger charge is -2.09. The fourth-order valence-electron chi connectivity index (χ4n) is 2.36. The average molecular weight is 389 g/mol. The highest BCUT2D eigenvalue weighted by atomic mass is 35.5. The number of nitrogens with one attached hydrogen (secondary N) is 2. The lowest BCUT2D eigenvalue weighted by Crippen LogP contribution is -2.26. The Bertz CT molecular complexity index is 930. The summed E-state index contributed by atoms with van der Waals surface area (Å²) in [5, 5.41) is 5.92. The summed E-state index contributed by atoms with van der Waals surface area (Å²) < 4.78 is 27.4. The van der Waals surface area contributed by atoms with Gasteiger partial charge in [-0.1, -0.05) is 29.8 Å². The van der Waals surface area contributed by atoms with E-state index in [1.54, 1.807) is 12.1 Å². The number of carbonyl (C=O) groups is 1. The molecule has 0 bridgehead atoms. The van der Waals surface area contributed by atoms with Crippen molar-refractivity contribution in [1.29, 1.82) is 0 Å². The van der Waals surface area contributed by atoms with E-state index < -0.39 is 17.5 Å². The minimum atomic E-state index is -0.762. The monoisotopic (exact) mass is 388 g/mol. The number of aromatic nitrogens is 2. The molecular weight excluding hydrogens is 374 g/mol. The van der Waals surface area contributed by atoms with Crippen molar-refractivity contribution in [1.82, 2.24) is 15.3 Å². The summed E-state index contributed by atoms with van der Waals surface area (Å²) in [6.45, 7) is 0.398. The lowest BCUT2D eigenvalue weighted by molar-refractivity contribution is 0.0949. The van der Waals surface area contributed by atoms with Crippen LogP contribution in [0, 0.1) is 11.6 Å². The van der Waals surface area contributed by atoms with Crippen molar-refractivity contribution in [2.45, 2.75) is 6.42 Å². The number of carbonyl (C=O) groups excluding carboxylic acids is 1. The first-order valence-corrected chi connectivity index (χ1v) is 8.46. The summed E-state index contributed by atoms with van der Waals surface area (Å²) in [6, 6.07) is 12.1. The number of nitrogens with zero attached hydrogens (tertiary/aromatic N) is 2. The van der Waals surface area contributed by atoms with E-state index in [0.29, 0.717) is 18.0 Å². The third-order valence-electron chi connectivity index (χ3n) is 3.73. The molecule has 0 atom stereocenters. The maximum absolute atomic E-state index is 13.7. The van der Waals surface area contributed by atoms with Gasteiger partial charge in [0.05, 0.1) is 0 Å². The third-order valence-corrected chi connectivity index (χ3v) is 3.98. The van der Waals surface area contributed by atoms with Crippen molar-refractivity contribution in [3.05, 3.63) is 82.8 Å². The van der Waals surface area contributed by atoms with Crippen LogP contribution >= 0.6 is 11.6 Å². The zero-order chi connectivity index (χ0) is 19.2. The van der Waals surface area contributed by atoms with Gasteiger partial charge in [-0.15, -0.1) is 0 Å². The van der Waals surface area contributed by atoms with E-state index in [4.69, 9.17) is 11.6 Å². The first kappa shape index (κ1) is 18.7. The van der Waals surface area contributed by atoms with Gasteiger partial charge in [-0.25, -0.2) is 18.7 Å². The summed E-state index contributed by atoms with van der Waals surface area (Å²) in [4.78, 5) is 20.0. The number of halogens is 3. The molecule has 0 unspecified atom stereocenters. The second kappa shape index (κ2) is 8.55. The molecule has 27 heavy (non-hydrogen) atoms. The van der Waals surface area contributed by atoms with E-state index in [1.165, 1.54) is 12.1 Å². The van der Waals surface area contributed by atoms with Crippen LogP contribution in [-0.4, -0.2) is 22.4 Å². The SMILES string of the molecule is O=C(NCCc1ccc(Cl)cc1)c1cc(Nc2c(F)cccc2F)ncn1. The summed E-state index contributed by atoms with van der Waals surface area (Å²) in [5.74, 6) is -1.83. The highest BCUT2D eigenvalue weighted by molar-refractivity contribution is 6.30. The van der Waals surface area contributed by atoms with Crippen LogP contribution in [-0.2, 0) is 6.42 Å². The maximum atomic E-state index is 13.7. The van der Waals surface area contributed by atoms with Crippen LogP contribution in [0.25, 0.3) is 0 Å². The summed E-state index contributed by atoms with van der Waals surface area (Å²) in [6.07, 6.45) is 1.77. The molecule has 2 aromatic carbocycles. The Morgan fingerprint density at radius 1 is 1.04 bits per heavy atom. The number of para-hydroxylation sites is 1. The molecule has 0 saturated carbocycles.